The highest BCUT2D eigenvalue weighted by molar-refractivity contribution is 6.14. The number of nitrogens with zero attached hydrogens (tertiary/aromatic N) is 4. The number of imide groups is 2. The Balaban J connectivity index is 1.23. The molecule has 4 rings (SSSR count). The standard InChI is InChI=1S/C30H35N5O8/c1-29(2)23-11-9-19(34(40)41)17-21(23)25(36)32(27(29)38)15-7-5-13-31-14-6-8-16-33-26(37)22-18-20(35(42)43)10-12-24(22)30(3,4)28(33)39/h9-12,17-18,31H,5-8,13-16H2,1-4H3. The fraction of sp³-hybridized carbons (Fsp3) is 0.467. The molecule has 4 amide bonds. The SMILES string of the molecule is CC1(C)C(=O)N(CCCCNCCCCN2C(=O)c3cc([N+](=O)[O-])ccc3C(C)(C)C2=O)C(=O)c2cc([N+](=O)[O-])ccc21. The Morgan fingerprint density at radius 2 is 1.02 bits per heavy atom. The van der Waals surface area contributed by atoms with Crippen molar-refractivity contribution in [2.24, 2.45) is 0 Å². The quantitative estimate of drug-likeness (QED) is 0.166. The average molecular weight is 594 g/mol. The van der Waals surface area contributed by atoms with Gasteiger partial charge in [-0.2, -0.15) is 0 Å². The highest BCUT2D eigenvalue weighted by atomic mass is 16.6. The van der Waals surface area contributed by atoms with Gasteiger partial charge in [-0.3, -0.25) is 49.2 Å². The molecule has 0 saturated heterocycles. The molecule has 0 unspecified atom stereocenters. The van der Waals surface area contributed by atoms with Crippen molar-refractivity contribution in [3.63, 3.8) is 0 Å². The van der Waals surface area contributed by atoms with Crippen LogP contribution in [0.1, 0.15) is 85.2 Å². The van der Waals surface area contributed by atoms with E-state index >= 15 is 0 Å². The number of nitro groups is 2. The molecule has 2 aliphatic rings. The lowest BCUT2D eigenvalue weighted by atomic mass is 9.77. The molecular formula is C30H35N5O8. The number of fused-ring (bicyclic) bond motifs is 2. The molecule has 0 saturated carbocycles. The predicted octanol–water partition coefficient (Wildman–Crippen LogP) is 3.87. The van der Waals surface area contributed by atoms with Crippen LogP contribution in [0.3, 0.4) is 0 Å². The van der Waals surface area contributed by atoms with Gasteiger partial charge < -0.3 is 5.32 Å². The van der Waals surface area contributed by atoms with E-state index in [1.54, 1.807) is 27.7 Å². The lowest BCUT2D eigenvalue weighted by molar-refractivity contribution is -0.385. The average Bonchev–Trinajstić information content (AvgIpc) is 2.96. The van der Waals surface area contributed by atoms with Gasteiger partial charge in [-0.1, -0.05) is 12.1 Å². The van der Waals surface area contributed by atoms with Crippen LogP contribution in [0.15, 0.2) is 36.4 Å². The number of carbonyl (C=O) groups is 4. The van der Waals surface area contributed by atoms with Crippen molar-refractivity contribution in [3.8, 4) is 0 Å². The van der Waals surface area contributed by atoms with Crippen LogP contribution in [-0.2, 0) is 20.4 Å². The van der Waals surface area contributed by atoms with Crippen LogP contribution >= 0.6 is 0 Å². The molecule has 13 heteroatoms. The monoisotopic (exact) mass is 593 g/mol. The molecule has 13 nitrogen and oxygen atoms in total. The van der Waals surface area contributed by atoms with Gasteiger partial charge in [0.15, 0.2) is 0 Å². The smallest absolute Gasteiger partial charge is 0.270 e. The molecule has 0 atom stereocenters. The molecule has 0 aromatic heterocycles. The molecule has 0 spiro atoms. The number of carbonyl (C=O) groups excluding carboxylic acids is 4. The van der Waals surface area contributed by atoms with E-state index in [1.165, 1.54) is 46.2 Å². The van der Waals surface area contributed by atoms with Crippen molar-refractivity contribution >= 4 is 35.0 Å². The second-order valence-corrected chi connectivity index (χ2v) is 11.9. The number of benzene rings is 2. The van der Waals surface area contributed by atoms with Crippen LogP contribution in [0, 0.1) is 20.2 Å². The minimum atomic E-state index is -0.986. The number of unbranched alkanes of at least 4 members (excludes halogenated alkanes) is 2. The molecule has 2 aromatic rings. The third kappa shape index (κ3) is 5.89. The molecule has 228 valence electrons. The van der Waals surface area contributed by atoms with Gasteiger partial charge in [-0.25, -0.2) is 0 Å². The van der Waals surface area contributed by atoms with Crippen LogP contribution in [-0.4, -0.2) is 69.5 Å². The van der Waals surface area contributed by atoms with Crippen molar-refractivity contribution in [1.29, 1.82) is 0 Å². The topological polar surface area (TPSA) is 173 Å². The van der Waals surface area contributed by atoms with Crippen molar-refractivity contribution in [2.75, 3.05) is 26.2 Å². The molecule has 2 heterocycles. The van der Waals surface area contributed by atoms with Gasteiger partial charge in [0.05, 0.1) is 31.8 Å². The van der Waals surface area contributed by atoms with Crippen LogP contribution in [0.25, 0.3) is 0 Å². The van der Waals surface area contributed by atoms with Crippen molar-refractivity contribution < 1.29 is 29.0 Å². The highest BCUT2D eigenvalue weighted by Gasteiger charge is 2.46. The summed E-state index contributed by atoms with van der Waals surface area (Å²) in [6, 6.07) is 8.03. The van der Waals surface area contributed by atoms with Gasteiger partial charge in [0, 0.05) is 37.4 Å². The normalized spacial score (nSPS) is 17.1. The maximum atomic E-state index is 13.1. The van der Waals surface area contributed by atoms with Crippen LogP contribution in [0.2, 0.25) is 0 Å². The van der Waals surface area contributed by atoms with Gasteiger partial charge >= 0.3 is 0 Å². The van der Waals surface area contributed by atoms with Gasteiger partial charge in [-0.05, 0) is 77.6 Å². The third-order valence-electron chi connectivity index (χ3n) is 8.26. The van der Waals surface area contributed by atoms with E-state index in [1.807, 2.05) is 0 Å². The number of nitro benzene ring substituents is 2. The number of rotatable bonds is 12. The fourth-order valence-corrected chi connectivity index (χ4v) is 5.69. The minimum Gasteiger partial charge on any atom is -0.317 e. The summed E-state index contributed by atoms with van der Waals surface area (Å²) in [4.78, 5) is 75.9. The molecule has 2 aliphatic heterocycles. The second kappa shape index (κ2) is 12.0. The third-order valence-corrected chi connectivity index (χ3v) is 8.26. The summed E-state index contributed by atoms with van der Waals surface area (Å²) < 4.78 is 0. The van der Waals surface area contributed by atoms with Gasteiger partial charge in [0.25, 0.3) is 23.2 Å². The van der Waals surface area contributed by atoms with E-state index < -0.39 is 32.5 Å². The van der Waals surface area contributed by atoms with E-state index in [0.29, 0.717) is 49.9 Å². The zero-order valence-corrected chi connectivity index (χ0v) is 24.7. The van der Waals surface area contributed by atoms with Crippen molar-refractivity contribution in [1.82, 2.24) is 15.1 Å². The first-order chi connectivity index (χ1) is 20.2. The fourth-order valence-electron chi connectivity index (χ4n) is 5.69. The number of non-ortho nitro benzene ring substituents is 2. The Bertz CT molecular complexity index is 1400. The predicted molar refractivity (Wildman–Crippen MR) is 156 cm³/mol. The van der Waals surface area contributed by atoms with Crippen LogP contribution in [0.4, 0.5) is 11.4 Å². The summed E-state index contributed by atoms with van der Waals surface area (Å²) in [5.41, 5.74) is -1.07. The molecule has 2 aromatic carbocycles. The van der Waals surface area contributed by atoms with Gasteiger partial charge in [0.2, 0.25) is 11.8 Å². The number of amides is 4. The number of hydrogen-bond donors (Lipinski definition) is 1. The van der Waals surface area contributed by atoms with Crippen molar-refractivity contribution in [3.05, 3.63) is 78.9 Å². The molecular weight excluding hydrogens is 558 g/mol. The molecule has 0 fully saturated rings. The Morgan fingerprint density at radius 1 is 0.651 bits per heavy atom. The summed E-state index contributed by atoms with van der Waals surface area (Å²) in [5, 5.41) is 25.7. The lowest BCUT2D eigenvalue weighted by Crippen LogP contribution is -2.52. The first-order valence-corrected chi connectivity index (χ1v) is 14.2. The Labute approximate surface area is 248 Å². The number of hydrogen-bond acceptors (Lipinski definition) is 9. The first kappa shape index (κ1) is 31.4. The van der Waals surface area contributed by atoms with Gasteiger partial charge in [-0.15, -0.1) is 0 Å². The summed E-state index contributed by atoms with van der Waals surface area (Å²) in [6.45, 7) is 8.44. The van der Waals surface area contributed by atoms with Crippen LogP contribution < -0.4 is 5.32 Å². The Morgan fingerprint density at radius 3 is 1.37 bits per heavy atom. The zero-order chi connectivity index (χ0) is 31.7. The lowest BCUT2D eigenvalue weighted by Gasteiger charge is -2.37. The number of nitrogens with one attached hydrogen (secondary N) is 1. The maximum absolute atomic E-state index is 13.1. The first-order valence-electron chi connectivity index (χ1n) is 14.2. The molecule has 0 radical (unpaired) electrons. The largest absolute Gasteiger partial charge is 0.317 e. The Kier molecular flexibility index (Phi) is 8.76. The molecule has 0 aliphatic carbocycles. The highest BCUT2D eigenvalue weighted by Crippen LogP contribution is 2.37. The summed E-state index contributed by atoms with van der Waals surface area (Å²) in [6.07, 6.45) is 2.43. The summed E-state index contributed by atoms with van der Waals surface area (Å²) >= 11 is 0. The summed E-state index contributed by atoms with van der Waals surface area (Å²) in [7, 11) is 0. The van der Waals surface area contributed by atoms with E-state index in [-0.39, 0.29) is 47.4 Å². The summed E-state index contributed by atoms with van der Waals surface area (Å²) in [5.74, 6) is -1.74. The molecule has 1 N–H and O–H groups in total. The van der Waals surface area contributed by atoms with Crippen molar-refractivity contribution in [2.45, 2.75) is 64.2 Å². The Hall–Kier alpha value is -4.52. The van der Waals surface area contributed by atoms with E-state index in [2.05, 4.69) is 5.32 Å². The van der Waals surface area contributed by atoms with E-state index in [0.717, 1.165) is 0 Å². The maximum Gasteiger partial charge on any atom is 0.270 e. The van der Waals surface area contributed by atoms with E-state index in [9.17, 15) is 39.4 Å². The second-order valence-electron chi connectivity index (χ2n) is 11.9. The zero-order valence-electron chi connectivity index (χ0n) is 24.7. The van der Waals surface area contributed by atoms with Crippen LogP contribution in [0.5, 0.6) is 0 Å². The van der Waals surface area contributed by atoms with E-state index in [4.69, 9.17) is 0 Å². The minimum absolute atomic E-state index is 0.174. The molecule has 43 heavy (non-hydrogen) atoms. The molecule has 0 bridgehead atoms. The van der Waals surface area contributed by atoms with Gasteiger partial charge in [0.1, 0.15) is 0 Å².